The van der Waals surface area contributed by atoms with Gasteiger partial charge in [-0.15, -0.1) is 0 Å². The summed E-state index contributed by atoms with van der Waals surface area (Å²) in [4.78, 5) is 7.74. The van der Waals surface area contributed by atoms with Gasteiger partial charge < -0.3 is 5.21 Å². The van der Waals surface area contributed by atoms with Crippen molar-refractivity contribution < 1.29 is 20.1 Å². The van der Waals surface area contributed by atoms with Gasteiger partial charge in [0.25, 0.3) is 0 Å². The monoisotopic (exact) mass is 109 g/mol. The predicted octanol–water partition coefficient (Wildman–Crippen LogP) is -1.58. The summed E-state index contributed by atoms with van der Waals surface area (Å²) in [5, 5.41) is 13.0. The maximum Gasteiger partial charge on any atom is 0.0993 e. The summed E-state index contributed by atoms with van der Waals surface area (Å²) in [5.41, 5.74) is 0. The molecule has 0 aromatic rings. The Labute approximate surface area is 40.8 Å². The Balaban J connectivity index is 2.68. The van der Waals surface area contributed by atoms with Gasteiger partial charge in [0.15, 0.2) is 0 Å². The summed E-state index contributed by atoms with van der Waals surface area (Å²) in [7, 11) is 2.45. The van der Waals surface area contributed by atoms with Gasteiger partial charge in [0.05, 0.1) is 14.2 Å². The van der Waals surface area contributed by atoms with Gasteiger partial charge in [0, 0.05) is 0 Å². The highest BCUT2D eigenvalue weighted by Gasteiger charge is 1.83. The number of nitrogens with one attached hydrogen (secondary N) is 1. The van der Waals surface area contributed by atoms with E-state index in [1.165, 1.54) is 14.2 Å². The molecule has 0 aromatic carbocycles. The fourth-order valence-corrected chi connectivity index (χ4v) is 0.0819. The third-order valence-corrected chi connectivity index (χ3v) is 0.219. The molecule has 0 bridgehead atoms. The quantitative estimate of drug-likeness (QED) is 0.351. The topological polar surface area (TPSA) is 55.2 Å². The molecule has 0 rings (SSSR count). The van der Waals surface area contributed by atoms with Crippen LogP contribution in [0.25, 0.3) is 0 Å². The fraction of sp³-hybridized carbons (Fsp3) is 1.00. The highest BCUT2D eigenvalue weighted by atomic mass is 17.6. The third kappa shape index (κ3) is 5.80. The summed E-state index contributed by atoms with van der Waals surface area (Å²) in [6.45, 7) is 0. The van der Waals surface area contributed by atoms with Gasteiger partial charge in [-0.2, -0.15) is 5.23 Å². The minimum absolute atomic E-state index is 0.540. The molecular weight excluding hydrogens is 102 g/mol. The van der Waals surface area contributed by atoms with Gasteiger partial charge in [0.1, 0.15) is 0 Å². The van der Waals surface area contributed by atoms with Crippen LogP contribution >= 0.6 is 0 Å². The molecule has 0 heterocycles. The molecule has 0 spiro atoms. The van der Waals surface area contributed by atoms with Crippen LogP contribution in [0.5, 0.6) is 0 Å². The molecule has 5 heteroatoms. The smallest absolute Gasteiger partial charge is 0.0993 e. The van der Waals surface area contributed by atoms with Crippen LogP contribution in [0.1, 0.15) is 0 Å². The molecule has 0 aliphatic heterocycles. The lowest BCUT2D eigenvalue weighted by Crippen LogP contribution is -3.02. The molecule has 7 heavy (non-hydrogen) atoms. The number of hydroxylamine groups is 2. The number of rotatable bonds is 3. The van der Waals surface area contributed by atoms with E-state index in [1.54, 1.807) is 0 Å². The maximum absolute atomic E-state index is 9.78. The van der Waals surface area contributed by atoms with Crippen LogP contribution in [-0.4, -0.2) is 14.2 Å². The molecular formula is C2H7NO4. The molecule has 1 N–H and O–H groups in total. The zero-order chi connectivity index (χ0) is 5.70. The van der Waals surface area contributed by atoms with E-state index in [2.05, 4.69) is 14.9 Å². The Hall–Kier alpha value is -0.200. The van der Waals surface area contributed by atoms with E-state index >= 15 is 0 Å². The Morgan fingerprint density at radius 1 is 1.57 bits per heavy atom. The second-order valence-electron chi connectivity index (χ2n) is 0.810. The molecule has 0 fully saturated rings. The summed E-state index contributed by atoms with van der Waals surface area (Å²) in [6.07, 6.45) is 0. The van der Waals surface area contributed by atoms with E-state index in [-0.39, 0.29) is 0 Å². The number of hydrogen-bond donors (Lipinski definition) is 1. The lowest BCUT2D eigenvalue weighted by Gasteiger charge is -2.08. The molecule has 1 unspecified atom stereocenters. The van der Waals surface area contributed by atoms with Crippen molar-refractivity contribution in [1.29, 1.82) is 0 Å². The summed E-state index contributed by atoms with van der Waals surface area (Å²) >= 11 is 0. The van der Waals surface area contributed by atoms with Gasteiger partial charge in [0.2, 0.25) is 0 Å². The van der Waals surface area contributed by atoms with Crippen molar-refractivity contribution in [2.24, 2.45) is 0 Å². The van der Waals surface area contributed by atoms with Gasteiger partial charge in [-0.3, -0.25) is 0 Å². The lowest BCUT2D eigenvalue weighted by atomic mass is 11.5. The van der Waals surface area contributed by atoms with Crippen molar-refractivity contribution in [3.63, 3.8) is 0 Å². The Bertz CT molecular complexity index is 38.7. The van der Waals surface area contributed by atoms with Gasteiger partial charge >= 0.3 is 0 Å². The average molecular weight is 109 g/mol. The Kier molecular flexibility index (Phi) is 3.86. The van der Waals surface area contributed by atoms with Crippen molar-refractivity contribution in [3.05, 3.63) is 5.21 Å². The maximum atomic E-state index is 9.78. The van der Waals surface area contributed by atoms with Crippen molar-refractivity contribution in [2.75, 3.05) is 14.2 Å². The van der Waals surface area contributed by atoms with Gasteiger partial charge in [-0.05, 0) is 10.0 Å². The average Bonchev–Trinajstić information content (AvgIpc) is 1.61. The zero-order valence-corrected chi connectivity index (χ0v) is 4.13. The summed E-state index contributed by atoms with van der Waals surface area (Å²) in [5.74, 6) is 0. The van der Waals surface area contributed by atoms with Gasteiger partial charge in [-0.25, -0.2) is 4.89 Å². The van der Waals surface area contributed by atoms with E-state index in [9.17, 15) is 5.21 Å². The summed E-state index contributed by atoms with van der Waals surface area (Å²) in [6, 6.07) is 0. The van der Waals surface area contributed by atoms with Crippen LogP contribution in [0.3, 0.4) is 0 Å². The third-order valence-electron chi connectivity index (χ3n) is 0.219. The Morgan fingerprint density at radius 3 is 2.29 bits per heavy atom. The van der Waals surface area contributed by atoms with Crippen LogP contribution < -0.4 is 5.23 Å². The molecule has 0 saturated carbocycles. The predicted molar refractivity (Wildman–Crippen MR) is 19.4 cm³/mol. The molecule has 0 aromatic heterocycles. The van der Waals surface area contributed by atoms with Crippen LogP contribution in [0.15, 0.2) is 0 Å². The molecule has 44 valence electrons. The Morgan fingerprint density at radius 2 is 2.14 bits per heavy atom. The minimum Gasteiger partial charge on any atom is -0.598 e. The van der Waals surface area contributed by atoms with Crippen LogP contribution in [-0.2, 0) is 14.9 Å². The molecule has 5 nitrogen and oxygen atoms in total. The van der Waals surface area contributed by atoms with Gasteiger partial charge in [-0.1, -0.05) is 0 Å². The first-order chi connectivity index (χ1) is 3.27. The van der Waals surface area contributed by atoms with Crippen LogP contribution in [0.4, 0.5) is 0 Å². The molecule has 0 radical (unpaired) electrons. The first-order valence-corrected chi connectivity index (χ1v) is 1.65. The second-order valence-corrected chi connectivity index (χ2v) is 0.810. The minimum atomic E-state index is -0.540. The van der Waals surface area contributed by atoms with Crippen LogP contribution in [0, 0.1) is 5.21 Å². The molecule has 1 atom stereocenters. The zero-order valence-electron chi connectivity index (χ0n) is 4.13. The van der Waals surface area contributed by atoms with Crippen molar-refractivity contribution >= 4 is 0 Å². The number of hydrogen-bond acceptors (Lipinski definition) is 4. The normalized spacial score (nSPS) is 14.1. The molecule has 0 amide bonds. The fourth-order valence-electron chi connectivity index (χ4n) is 0.0819. The number of quaternary nitrogens is 1. The molecule has 0 aliphatic rings. The van der Waals surface area contributed by atoms with Crippen molar-refractivity contribution in [1.82, 2.24) is 0 Å². The highest BCUT2D eigenvalue weighted by Crippen LogP contribution is 1.61. The van der Waals surface area contributed by atoms with Crippen LogP contribution in [0.2, 0.25) is 0 Å². The van der Waals surface area contributed by atoms with Crippen molar-refractivity contribution in [3.8, 4) is 0 Å². The first kappa shape index (κ1) is 6.80. The summed E-state index contributed by atoms with van der Waals surface area (Å²) < 4.78 is 0. The largest absolute Gasteiger partial charge is 0.598 e. The standard InChI is InChI=1S/C2H7NO4/c1-3(4)6-7-5-2/h3H,1-2H3. The van der Waals surface area contributed by atoms with E-state index < -0.39 is 5.23 Å². The van der Waals surface area contributed by atoms with E-state index in [0.717, 1.165) is 0 Å². The molecule has 0 aliphatic carbocycles. The van der Waals surface area contributed by atoms with Crippen molar-refractivity contribution in [2.45, 2.75) is 0 Å². The van der Waals surface area contributed by atoms with E-state index in [1.807, 2.05) is 0 Å². The van der Waals surface area contributed by atoms with E-state index in [4.69, 9.17) is 0 Å². The lowest BCUT2D eigenvalue weighted by molar-refractivity contribution is -1.11. The highest BCUT2D eigenvalue weighted by molar-refractivity contribution is 3.79. The first-order valence-electron chi connectivity index (χ1n) is 1.65. The SMILES string of the molecule is COOO[NH+](C)[O-]. The second kappa shape index (κ2) is 3.97. The van der Waals surface area contributed by atoms with E-state index in [0.29, 0.717) is 0 Å². The molecule has 0 saturated heterocycles.